The molecule has 2 rings (SSSR count). The third kappa shape index (κ3) is 1.65. The minimum absolute atomic E-state index is 0.253. The number of hydrogen-bond donors (Lipinski definition) is 1. The average Bonchev–Trinajstić information content (AvgIpc) is 2.23. The van der Waals surface area contributed by atoms with Gasteiger partial charge in [0.2, 0.25) is 0 Å². The third-order valence-electron chi connectivity index (χ3n) is 1.74. The van der Waals surface area contributed by atoms with Gasteiger partial charge < -0.3 is 0 Å². The van der Waals surface area contributed by atoms with Crippen LogP contribution < -0.4 is 5.56 Å². The van der Waals surface area contributed by atoms with Crippen LogP contribution in [0.3, 0.4) is 0 Å². The maximum atomic E-state index is 11.4. The third-order valence-corrected chi connectivity index (χ3v) is 1.94. The lowest BCUT2D eigenvalue weighted by Crippen LogP contribution is -2.10. The van der Waals surface area contributed by atoms with Gasteiger partial charge in [-0.25, -0.2) is 5.10 Å². The van der Waals surface area contributed by atoms with Crippen LogP contribution in [0.5, 0.6) is 0 Å². The normalized spacial score (nSPS) is 10.1. The molecular weight excluding hydrogens is 202 g/mol. The monoisotopic (exact) mass is 207 g/mol. The second kappa shape index (κ2) is 3.59. The Kier molecular flexibility index (Phi) is 2.28. The van der Waals surface area contributed by atoms with Gasteiger partial charge in [0.1, 0.15) is 5.15 Å². The fourth-order valence-electron chi connectivity index (χ4n) is 1.12. The molecule has 2 aromatic heterocycles. The average molecular weight is 208 g/mol. The molecular formula is C9H6ClN3O. The fourth-order valence-corrected chi connectivity index (χ4v) is 1.27. The van der Waals surface area contributed by atoms with Gasteiger partial charge in [-0.1, -0.05) is 17.7 Å². The van der Waals surface area contributed by atoms with E-state index in [1.54, 1.807) is 24.5 Å². The first kappa shape index (κ1) is 8.90. The number of halogens is 1. The molecule has 1 N–H and O–H groups in total. The highest BCUT2D eigenvalue weighted by atomic mass is 35.5. The summed E-state index contributed by atoms with van der Waals surface area (Å²) >= 11 is 5.67. The van der Waals surface area contributed by atoms with E-state index < -0.39 is 0 Å². The minimum Gasteiger partial charge on any atom is -0.267 e. The van der Waals surface area contributed by atoms with Gasteiger partial charge in [-0.2, -0.15) is 5.10 Å². The molecule has 70 valence electrons. The van der Waals surface area contributed by atoms with Gasteiger partial charge in [0, 0.05) is 18.0 Å². The molecule has 0 fully saturated rings. The van der Waals surface area contributed by atoms with Crippen molar-refractivity contribution in [1.29, 1.82) is 0 Å². The maximum Gasteiger partial charge on any atom is 0.272 e. The van der Waals surface area contributed by atoms with E-state index in [-0.39, 0.29) is 10.7 Å². The number of nitrogens with zero attached hydrogens (tertiary/aromatic N) is 2. The van der Waals surface area contributed by atoms with Crippen LogP contribution in [-0.2, 0) is 0 Å². The van der Waals surface area contributed by atoms with Gasteiger partial charge in [-0.15, -0.1) is 0 Å². The lowest BCUT2D eigenvalue weighted by Gasteiger charge is -1.98. The second-order valence-electron chi connectivity index (χ2n) is 2.68. The molecule has 14 heavy (non-hydrogen) atoms. The van der Waals surface area contributed by atoms with Gasteiger partial charge in [-0.3, -0.25) is 9.78 Å². The number of H-pyrrole nitrogens is 1. The summed E-state index contributed by atoms with van der Waals surface area (Å²) in [5.41, 5.74) is 0.915. The largest absolute Gasteiger partial charge is 0.272 e. The van der Waals surface area contributed by atoms with E-state index in [1.807, 2.05) is 0 Å². The van der Waals surface area contributed by atoms with Crippen molar-refractivity contribution in [3.05, 3.63) is 46.1 Å². The molecule has 0 radical (unpaired) electrons. The molecule has 0 saturated carbocycles. The number of nitrogens with one attached hydrogen (secondary N) is 1. The van der Waals surface area contributed by atoms with Gasteiger partial charge >= 0.3 is 0 Å². The van der Waals surface area contributed by atoms with Crippen molar-refractivity contribution in [2.24, 2.45) is 0 Å². The highest BCUT2D eigenvalue weighted by Crippen LogP contribution is 2.14. The van der Waals surface area contributed by atoms with E-state index in [0.717, 1.165) is 5.56 Å². The standard InChI is InChI=1S/C9H6ClN3O/c10-8-4-7(9(14)13-12-8)6-2-1-3-11-5-6/h1-5H,(H,13,14). The Balaban J connectivity index is 2.63. The van der Waals surface area contributed by atoms with E-state index in [4.69, 9.17) is 11.6 Å². The molecule has 0 aliphatic carbocycles. The molecule has 0 bridgehead atoms. The van der Waals surface area contributed by atoms with Crippen LogP contribution in [0, 0.1) is 0 Å². The summed E-state index contributed by atoms with van der Waals surface area (Å²) in [7, 11) is 0. The fraction of sp³-hybridized carbons (Fsp3) is 0. The summed E-state index contributed by atoms with van der Waals surface area (Å²) in [6, 6.07) is 5.05. The van der Waals surface area contributed by atoms with Crippen molar-refractivity contribution >= 4 is 11.6 Å². The van der Waals surface area contributed by atoms with Crippen molar-refractivity contribution in [3.63, 3.8) is 0 Å². The number of rotatable bonds is 1. The second-order valence-corrected chi connectivity index (χ2v) is 3.06. The van der Waals surface area contributed by atoms with E-state index in [2.05, 4.69) is 15.2 Å². The van der Waals surface area contributed by atoms with Crippen molar-refractivity contribution in [2.45, 2.75) is 0 Å². The summed E-state index contributed by atoms with van der Waals surface area (Å²) in [5.74, 6) is 0. The van der Waals surface area contributed by atoms with Crippen LogP contribution in [0.15, 0.2) is 35.4 Å². The Morgan fingerprint density at radius 3 is 3.00 bits per heavy atom. The zero-order valence-electron chi connectivity index (χ0n) is 7.07. The predicted octanol–water partition coefficient (Wildman–Crippen LogP) is 1.49. The first-order chi connectivity index (χ1) is 6.77. The summed E-state index contributed by atoms with van der Waals surface area (Å²) < 4.78 is 0. The lowest BCUT2D eigenvalue weighted by atomic mass is 10.1. The smallest absolute Gasteiger partial charge is 0.267 e. The molecule has 2 aromatic rings. The van der Waals surface area contributed by atoms with E-state index in [0.29, 0.717) is 5.56 Å². The van der Waals surface area contributed by atoms with E-state index >= 15 is 0 Å². The molecule has 0 atom stereocenters. The van der Waals surface area contributed by atoms with Gasteiger partial charge in [0.15, 0.2) is 0 Å². The van der Waals surface area contributed by atoms with Crippen molar-refractivity contribution in [1.82, 2.24) is 15.2 Å². The summed E-state index contributed by atoms with van der Waals surface area (Å²) in [6.07, 6.45) is 3.24. The van der Waals surface area contributed by atoms with Gasteiger partial charge in [-0.05, 0) is 12.1 Å². The zero-order chi connectivity index (χ0) is 9.97. The summed E-state index contributed by atoms with van der Waals surface area (Å²) in [5, 5.41) is 6.13. The Labute approximate surface area is 84.6 Å². The molecule has 2 heterocycles. The first-order valence-corrected chi connectivity index (χ1v) is 4.31. The van der Waals surface area contributed by atoms with Crippen molar-refractivity contribution in [3.8, 4) is 11.1 Å². The maximum absolute atomic E-state index is 11.4. The zero-order valence-corrected chi connectivity index (χ0v) is 7.82. The first-order valence-electron chi connectivity index (χ1n) is 3.93. The number of pyridine rings is 1. The van der Waals surface area contributed by atoms with E-state index in [9.17, 15) is 4.79 Å². The minimum atomic E-state index is -0.276. The predicted molar refractivity (Wildman–Crippen MR) is 53.1 cm³/mol. The number of aromatic nitrogens is 3. The van der Waals surface area contributed by atoms with Crippen LogP contribution >= 0.6 is 11.6 Å². The Hall–Kier alpha value is -1.68. The number of hydrogen-bond acceptors (Lipinski definition) is 3. The molecule has 0 aliphatic heterocycles. The van der Waals surface area contributed by atoms with Crippen LogP contribution in [0.2, 0.25) is 5.15 Å². The van der Waals surface area contributed by atoms with Crippen molar-refractivity contribution in [2.75, 3.05) is 0 Å². The van der Waals surface area contributed by atoms with Crippen LogP contribution in [0.4, 0.5) is 0 Å². The molecule has 0 aromatic carbocycles. The Bertz CT molecular complexity index is 495. The molecule has 0 aliphatic rings. The molecule has 0 amide bonds. The number of aromatic amines is 1. The summed E-state index contributed by atoms with van der Waals surface area (Å²) in [6.45, 7) is 0. The van der Waals surface area contributed by atoms with Gasteiger partial charge in [0.25, 0.3) is 5.56 Å². The van der Waals surface area contributed by atoms with Crippen LogP contribution in [0.25, 0.3) is 11.1 Å². The van der Waals surface area contributed by atoms with Gasteiger partial charge in [0.05, 0.1) is 5.56 Å². The quantitative estimate of drug-likeness (QED) is 0.771. The molecule has 0 spiro atoms. The molecule has 0 unspecified atom stereocenters. The summed E-state index contributed by atoms with van der Waals surface area (Å²) in [4.78, 5) is 15.3. The Morgan fingerprint density at radius 1 is 1.43 bits per heavy atom. The van der Waals surface area contributed by atoms with Crippen LogP contribution in [0.1, 0.15) is 0 Å². The van der Waals surface area contributed by atoms with E-state index in [1.165, 1.54) is 6.07 Å². The molecule has 5 heteroatoms. The topological polar surface area (TPSA) is 58.6 Å². The van der Waals surface area contributed by atoms with Crippen molar-refractivity contribution < 1.29 is 0 Å². The Morgan fingerprint density at radius 2 is 2.29 bits per heavy atom. The highest BCUT2D eigenvalue weighted by molar-refractivity contribution is 6.29. The molecule has 0 saturated heterocycles. The SMILES string of the molecule is O=c1[nH]nc(Cl)cc1-c1cccnc1. The lowest BCUT2D eigenvalue weighted by molar-refractivity contribution is 0.991. The van der Waals surface area contributed by atoms with Crippen LogP contribution in [-0.4, -0.2) is 15.2 Å². The molecule has 4 nitrogen and oxygen atoms in total. The highest BCUT2D eigenvalue weighted by Gasteiger charge is 2.03.